The predicted octanol–water partition coefficient (Wildman–Crippen LogP) is -0.571. The number of hydrogen-bond donors (Lipinski definition) is 3. The van der Waals surface area contributed by atoms with Crippen LogP contribution in [0.2, 0.25) is 0 Å². The van der Waals surface area contributed by atoms with E-state index in [-0.39, 0.29) is 36.7 Å². The van der Waals surface area contributed by atoms with Crippen molar-refractivity contribution in [2.45, 2.75) is 32.9 Å². The maximum atomic E-state index is 11.8. The van der Waals surface area contributed by atoms with Crippen molar-refractivity contribution in [3.05, 3.63) is 23.2 Å². The Balaban J connectivity index is 2.18. The molecule has 1 aromatic rings. The van der Waals surface area contributed by atoms with Gasteiger partial charge in [0.1, 0.15) is 5.76 Å². The highest BCUT2D eigenvalue weighted by atomic mass is 16.4. The van der Waals surface area contributed by atoms with Gasteiger partial charge in [-0.15, -0.1) is 0 Å². The number of nitrogens with one attached hydrogen (secondary N) is 2. The average molecular weight is 294 g/mol. The van der Waals surface area contributed by atoms with Gasteiger partial charge in [0, 0.05) is 5.56 Å². The van der Waals surface area contributed by atoms with E-state index in [0.29, 0.717) is 17.7 Å². The molecule has 1 aliphatic heterocycles. The van der Waals surface area contributed by atoms with Crippen LogP contribution in [0, 0.1) is 6.92 Å². The number of hydrazine groups is 1. The molecule has 0 saturated carbocycles. The van der Waals surface area contributed by atoms with Crippen molar-refractivity contribution in [2.24, 2.45) is 5.84 Å². The van der Waals surface area contributed by atoms with Gasteiger partial charge in [-0.1, -0.05) is 6.92 Å². The molecule has 0 aromatic carbocycles. The van der Waals surface area contributed by atoms with Crippen LogP contribution in [0.15, 0.2) is 10.5 Å². The van der Waals surface area contributed by atoms with E-state index in [1.807, 2.05) is 12.3 Å². The Morgan fingerprint density at radius 3 is 2.90 bits per heavy atom. The summed E-state index contributed by atoms with van der Waals surface area (Å²) in [5.41, 5.74) is 2.66. The number of carbonyl (C=O) groups excluding carboxylic acids is 3. The van der Waals surface area contributed by atoms with Crippen LogP contribution in [-0.4, -0.2) is 35.2 Å². The lowest BCUT2D eigenvalue weighted by Crippen LogP contribution is -2.57. The van der Waals surface area contributed by atoms with Crippen LogP contribution in [0.1, 0.15) is 35.2 Å². The molecule has 2 rings (SSSR count). The SMILES string of the molecule is CCC1C(=O)NC(=O)CN1Cc1cc(C)c(C(=O)NN)o1. The van der Waals surface area contributed by atoms with Crippen molar-refractivity contribution in [3.63, 3.8) is 0 Å². The van der Waals surface area contributed by atoms with Gasteiger partial charge in [0.05, 0.1) is 19.1 Å². The van der Waals surface area contributed by atoms with Gasteiger partial charge in [0.15, 0.2) is 5.76 Å². The molecule has 1 fully saturated rings. The van der Waals surface area contributed by atoms with Gasteiger partial charge in [0.25, 0.3) is 0 Å². The molecule has 1 saturated heterocycles. The molecule has 1 unspecified atom stereocenters. The standard InChI is InChI=1S/C13H18N4O4/c1-3-9-12(19)15-10(18)6-17(9)5-8-4-7(2)11(21-8)13(20)16-14/h4,9H,3,5-6,14H2,1-2H3,(H,16,20)(H,15,18,19). The fourth-order valence-corrected chi connectivity index (χ4v) is 2.45. The Morgan fingerprint density at radius 2 is 2.29 bits per heavy atom. The highest BCUT2D eigenvalue weighted by molar-refractivity contribution is 6.01. The van der Waals surface area contributed by atoms with Crippen molar-refractivity contribution < 1.29 is 18.8 Å². The molecule has 3 amide bonds. The van der Waals surface area contributed by atoms with Gasteiger partial charge in [-0.2, -0.15) is 0 Å². The first-order valence-electron chi connectivity index (χ1n) is 6.64. The van der Waals surface area contributed by atoms with Crippen molar-refractivity contribution in [3.8, 4) is 0 Å². The summed E-state index contributed by atoms with van der Waals surface area (Å²) >= 11 is 0. The van der Waals surface area contributed by atoms with E-state index in [1.165, 1.54) is 0 Å². The number of furan rings is 1. The van der Waals surface area contributed by atoms with E-state index in [2.05, 4.69) is 5.32 Å². The molecule has 0 spiro atoms. The monoisotopic (exact) mass is 294 g/mol. The van der Waals surface area contributed by atoms with Gasteiger partial charge in [-0.3, -0.25) is 30.0 Å². The highest BCUT2D eigenvalue weighted by Crippen LogP contribution is 2.19. The first kappa shape index (κ1) is 15.2. The van der Waals surface area contributed by atoms with Crippen LogP contribution in [0.25, 0.3) is 0 Å². The molecule has 8 nitrogen and oxygen atoms in total. The van der Waals surface area contributed by atoms with Crippen LogP contribution in [0.3, 0.4) is 0 Å². The molecule has 0 aliphatic carbocycles. The summed E-state index contributed by atoms with van der Waals surface area (Å²) in [6.45, 7) is 3.98. The minimum atomic E-state index is -0.516. The number of nitrogens with two attached hydrogens (primary N) is 1. The zero-order valence-electron chi connectivity index (χ0n) is 11.9. The summed E-state index contributed by atoms with van der Waals surface area (Å²) in [6, 6.07) is 1.31. The second kappa shape index (κ2) is 6.06. The van der Waals surface area contributed by atoms with Crippen molar-refractivity contribution in [1.82, 2.24) is 15.6 Å². The molecule has 8 heteroatoms. The maximum absolute atomic E-state index is 11.8. The number of nitrogens with zero attached hydrogens (tertiary/aromatic N) is 1. The number of imide groups is 1. The van der Waals surface area contributed by atoms with Gasteiger partial charge >= 0.3 is 5.91 Å². The molecular weight excluding hydrogens is 276 g/mol. The molecule has 4 N–H and O–H groups in total. The zero-order valence-corrected chi connectivity index (χ0v) is 11.9. The Hall–Kier alpha value is -2.19. The summed E-state index contributed by atoms with van der Waals surface area (Å²) in [4.78, 5) is 36.5. The summed E-state index contributed by atoms with van der Waals surface area (Å²) in [5.74, 6) is 4.55. The normalized spacial score (nSPS) is 19.5. The third-order valence-corrected chi connectivity index (χ3v) is 3.40. The molecule has 21 heavy (non-hydrogen) atoms. The van der Waals surface area contributed by atoms with Crippen molar-refractivity contribution >= 4 is 17.7 Å². The Bertz CT molecular complexity index is 581. The molecule has 1 atom stereocenters. The number of nitrogen functional groups attached to an aromatic ring is 1. The first-order chi connectivity index (χ1) is 9.96. The molecule has 0 radical (unpaired) electrons. The van der Waals surface area contributed by atoms with Crippen LogP contribution in [-0.2, 0) is 16.1 Å². The average Bonchev–Trinajstić information content (AvgIpc) is 2.78. The largest absolute Gasteiger partial charge is 0.454 e. The second-order valence-electron chi connectivity index (χ2n) is 4.94. The summed E-state index contributed by atoms with van der Waals surface area (Å²) in [6.07, 6.45) is 0.578. The fourth-order valence-electron chi connectivity index (χ4n) is 2.45. The van der Waals surface area contributed by atoms with Crippen LogP contribution in [0.4, 0.5) is 0 Å². The van der Waals surface area contributed by atoms with Gasteiger partial charge < -0.3 is 4.42 Å². The Morgan fingerprint density at radius 1 is 1.57 bits per heavy atom. The van der Waals surface area contributed by atoms with E-state index >= 15 is 0 Å². The zero-order chi connectivity index (χ0) is 15.6. The maximum Gasteiger partial charge on any atom is 0.301 e. The lowest BCUT2D eigenvalue weighted by Gasteiger charge is -2.32. The van der Waals surface area contributed by atoms with E-state index in [1.54, 1.807) is 17.9 Å². The minimum absolute atomic E-state index is 0.114. The summed E-state index contributed by atoms with van der Waals surface area (Å²) < 4.78 is 5.46. The third kappa shape index (κ3) is 3.11. The van der Waals surface area contributed by atoms with E-state index < -0.39 is 5.91 Å². The van der Waals surface area contributed by atoms with Gasteiger partial charge in [-0.05, 0) is 19.4 Å². The predicted molar refractivity (Wildman–Crippen MR) is 72.7 cm³/mol. The smallest absolute Gasteiger partial charge is 0.301 e. The summed E-state index contributed by atoms with van der Waals surface area (Å²) in [7, 11) is 0. The fraction of sp³-hybridized carbons (Fsp3) is 0.462. The lowest BCUT2D eigenvalue weighted by molar-refractivity contribution is -0.140. The minimum Gasteiger partial charge on any atom is -0.454 e. The third-order valence-electron chi connectivity index (χ3n) is 3.40. The number of piperazine rings is 1. The van der Waals surface area contributed by atoms with E-state index in [9.17, 15) is 14.4 Å². The molecule has 1 aliphatic rings. The van der Waals surface area contributed by atoms with Crippen LogP contribution < -0.4 is 16.6 Å². The number of aryl methyl sites for hydroxylation is 1. The van der Waals surface area contributed by atoms with Crippen molar-refractivity contribution in [2.75, 3.05) is 6.54 Å². The Kier molecular flexibility index (Phi) is 4.39. The van der Waals surface area contributed by atoms with E-state index in [0.717, 1.165) is 0 Å². The second-order valence-corrected chi connectivity index (χ2v) is 4.94. The highest BCUT2D eigenvalue weighted by Gasteiger charge is 2.33. The molecule has 0 bridgehead atoms. The van der Waals surface area contributed by atoms with Crippen LogP contribution in [0.5, 0.6) is 0 Å². The lowest BCUT2D eigenvalue weighted by atomic mass is 10.1. The van der Waals surface area contributed by atoms with Gasteiger partial charge in [-0.25, -0.2) is 5.84 Å². The Labute approximate surface area is 121 Å². The van der Waals surface area contributed by atoms with Crippen LogP contribution >= 0.6 is 0 Å². The first-order valence-corrected chi connectivity index (χ1v) is 6.64. The topological polar surface area (TPSA) is 118 Å². The van der Waals surface area contributed by atoms with Crippen molar-refractivity contribution in [1.29, 1.82) is 0 Å². The van der Waals surface area contributed by atoms with Gasteiger partial charge in [0.2, 0.25) is 11.8 Å². The molecule has 2 heterocycles. The quantitative estimate of drug-likeness (QED) is 0.296. The molecule has 114 valence electrons. The number of hydrogen-bond acceptors (Lipinski definition) is 6. The molecule has 1 aromatic heterocycles. The number of carbonyl (C=O) groups is 3. The number of rotatable bonds is 4. The van der Waals surface area contributed by atoms with E-state index in [4.69, 9.17) is 10.3 Å². The number of amides is 3. The summed E-state index contributed by atoms with van der Waals surface area (Å²) in [5, 5.41) is 2.31. The molecular formula is C13H18N4O4.